The summed E-state index contributed by atoms with van der Waals surface area (Å²) >= 11 is 0. The van der Waals surface area contributed by atoms with E-state index in [1.54, 1.807) is 0 Å². The molecule has 0 unspecified atom stereocenters. The standard InChI is InChI=1S/C12H25N3/c1-4-5-8-14-11(13)15-9-12(6-7-12)10(2)3/h10H,4-9H2,1-3H3,(H3,13,14,15). The van der Waals surface area contributed by atoms with E-state index in [1.165, 1.54) is 19.3 Å². The Kier molecular flexibility index (Phi) is 4.43. The van der Waals surface area contributed by atoms with E-state index in [0.717, 1.165) is 25.4 Å². The molecule has 0 radical (unpaired) electrons. The molecule has 1 saturated carbocycles. The lowest BCUT2D eigenvalue weighted by Gasteiger charge is -2.17. The van der Waals surface area contributed by atoms with Crippen LogP contribution in [0.3, 0.4) is 0 Å². The minimum absolute atomic E-state index is 0.469. The van der Waals surface area contributed by atoms with Crippen LogP contribution in [0, 0.1) is 11.3 Å². The highest BCUT2D eigenvalue weighted by molar-refractivity contribution is 5.77. The zero-order valence-corrected chi connectivity index (χ0v) is 10.3. The Balaban J connectivity index is 2.24. The summed E-state index contributed by atoms with van der Waals surface area (Å²) in [6.07, 6.45) is 4.98. The molecule has 0 bridgehead atoms. The van der Waals surface area contributed by atoms with Crippen molar-refractivity contribution in [2.24, 2.45) is 22.1 Å². The molecule has 0 spiro atoms. The van der Waals surface area contributed by atoms with Gasteiger partial charge >= 0.3 is 0 Å². The van der Waals surface area contributed by atoms with Crippen LogP contribution in [0.1, 0.15) is 46.5 Å². The molecular weight excluding hydrogens is 186 g/mol. The fourth-order valence-electron chi connectivity index (χ4n) is 1.77. The summed E-state index contributed by atoms with van der Waals surface area (Å²) in [5.41, 5.74) is 6.26. The van der Waals surface area contributed by atoms with Gasteiger partial charge in [0.05, 0.1) is 0 Å². The third kappa shape index (κ3) is 3.73. The van der Waals surface area contributed by atoms with Crippen molar-refractivity contribution in [3.05, 3.63) is 0 Å². The molecular formula is C12H25N3. The third-order valence-corrected chi connectivity index (χ3v) is 3.52. The molecule has 1 rings (SSSR count). The second-order valence-electron chi connectivity index (χ2n) is 5.00. The van der Waals surface area contributed by atoms with Crippen molar-refractivity contribution >= 4 is 5.96 Å². The first-order valence-corrected chi connectivity index (χ1v) is 6.14. The predicted molar refractivity (Wildman–Crippen MR) is 65.9 cm³/mol. The van der Waals surface area contributed by atoms with Gasteiger partial charge in [0.15, 0.2) is 5.96 Å². The number of nitrogens with zero attached hydrogens (tertiary/aromatic N) is 1. The van der Waals surface area contributed by atoms with Crippen LogP contribution in [0.2, 0.25) is 0 Å². The van der Waals surface area contributed by atoms with Crippen LogP contribution in [0.5, 0.6) is 0 Å². The van der Waals surface area contributed by atoms with Gasteiger partial charge < -0.3 is 11.1 Å². The minimum atomic E-state index is 0.469. The number of hydrogen-bond acceptors (Lipinski definition) is 1. The largest absolute Gasteiger partial charge is 0.370 e. The van der Waals surface area contributed by atoms with Crippen molar-refractivity contribution in [1.82, 2.24) is 5.32 Å². The molecule has 0 atom stereocenters. The highest BCUT2D eigenvalue weighted by atomic mass is 15.1. The van der Waals surface area contributed by atoms with E-state index in [9.17, 15) is 0 Å². The fourth-order valence-corrected chi connectivity index (χ4v) is 1.77. The molecule has 3 heteroatoms. The molecule has 3 N–H and O–H groups in total. The van der Waals surface area contributed by atoms with E-state index in [2.05, 4.69) is 31.1 Å². The zero-order valence-electron chi connectivity index (χ0n) is 10.3. The van der Waals surface area contributed by atoms with Crippen LogP contribution in [-0.4, -0.2) is 19.0 Å². The molecule has 0 aromatic carbocycles. The van der Waals surface area contributed by atoms with Gasteiger partial charge in [-0.05, 0) is 30.6 Å². The number of rotatable bonds is 6. The summed E-state index contributed by atoms with van der Waals surface area (Å²) in [5, 5.41) is 3.15. The molecule has 0 aromatic heterocycles. The molecule has 3 nitrogen and oxygen atoms in total. The first kappa shape index (κ1) is 12.3. The Morgan fingerprint density at radius 3 is 2.60 bits per heavy atom. The number of unbranched alkanes of at least 4 members (excludes halogenated alkanes) is 1. The lowest BCUT2D eigenvalue weighted by molar-refractivity contribution is 0.370. The Labute approximate surface area is 93.5 Å². The maximum absolute atomic E-state index is 5.79. The average Bonchev–Trinajstić information content (AvgIpc) is 2.96. The Morgan fingerprint density at radius 1 is 1.47 bits per heavy atom. The van der Waals surface area contributed by atoms with Gasteiger partial charge in [0, 0.05) is 13.1 Å². The Morgan fingerprint density at radius 2 is 2.13 bits per heavy atom. The number of guanidine groups is 1. The molecule has 1 fully saturated rings. The quantitative estimate of drug-likeness (QED) is 0.402. The van der Waals surface area contributed by atoms with Crippen LogP contribution >= 0.6 is 0 Å². The highest BCUT2D eigenvalue weighted by Crippen LogP contribution is 2.51. The molecule has 0 amide bonds. The van der Waals surface area contributed by atoms with Crippen molar-refractivity contribution in [3.8, 4) is 0 Å². The topological polar surface area (TPSA) is 50.4 Å². The molecule has 0 aliphatic heterocycles. The number of nitrogens with one attached hydrogen (secondary N) is 1. The van der Waals surface area contributed by atoms with Crippen molar-refractivity contribution in [2.45, 2.75) is 46.5 Å². The van der Waals surface area contributed by atoms with E-state index in [0.29, 0.717) is 11.4 Å². The second-order valence-corrected chi connectivity index (χ2v) is 5.00. The number of aliphatic imine (C=N–C) groups is 1. The normalized spacial score (nSPS) is 19.3. The van der Waals surface area contributed by atoms with Gasteiger partial charge in [-0.15, -0.1) is 0 Å². The van der Waals surface area contributed by atoms with Crippen molar-refractivity contribution in [2.75, 3.05) is 13.1 Å². The smallest absolute Gasteiger partial charge is 0.188 e. The van der Waals surface area contributed by atoms with Crippen LogP contribution < -0.4 is 11.1 Å². The minimum Gasteiger partial charge on any atom is -0.370 e. The van der Waals surface area contributed by atoms with E-state index < -0.39 is 0 Å². The van der Waals surface area contributed by atoms with Crippen LogP contribution in [-0.2, 0) is 0 Å². The van der Waals surface area contributed by atoms with E-state index in [4.69, 9.17) is 5.73 Å². The molecule has 0 saturated heterocycles. The summed E-state index contributed by atoms with van der Waals surface area (Å²) in [6, 6.07) is 0. The fraction of sp³-hybridized carbons (Fsp3) is 0.917. The van der Waals surface area contributed by atoms with Gasteiger partial charge in [0.25, 0.3) is 0 Å². The van der Waals surface area contributed by atoms with E-state index in [-0.39, 0.29) is 0 Å². The van der Waals surface area contributed by atoms with E-state index in [1.807, 2.05) is 0 Å². The molecule has 88 valence electrons. The van der Waals surface area contributed by atoms with Crippen molar-refractivity contribution < 1.29 is 0 Å². The van der Waals surface area contributed by atoms with Gasteiger partial charge in [0.2, 0.25) is 0 Å². The van der Waals surface area contributed by atoms with Crippen LogP contribution in [0.15, 0.2) is 4.99 Å². The maximum Gasteiger partial charge on any atom is 0.188 e. The van der Waals surface area contributed by atoms with Gasteiger partial charge in [-0.1, -0.05) is 27.2 Å². The predicted octanol–water partition coefficient (Wildman–Crippen LogP) is 2.13. The lowest BCUT2D eigenvalue weighted by Crippen LogP contribution is -2.33. The monoisotopic (exact) mass is 211 g/mol. The van der Waals surface area contributed by atoms with Crippen molar-refractivity contribution in [3.63, 3.8) is 0 Å². The van der Waals surface area contributed by atoms with Crippen LogP contribution in [0.4, 0.5) is 0 Å². The van der Waals surface area contributed by atoms with Gasteiger partial charge in [-0.3, -0.25) is 4.99 Å². The first-order valence-electron chi connectivity index (χ1n) is 6.14. The molecule has 1 aliphatic carbocycles. The lowest BCUT2D eigenvalue weighted by atomic mass is 9.93. The van der Waals surface area contributed by atoms with Gasteiger partial charge in [-0.2, -0.15) is 0 Å². The van der Waals surface area contributed by atoms with Crippen LogP contribution in [0.25, 0.3) is 0 Å². The molecule has 0 heterocycles. The SMILES string of the molecule is CCCCNC(N)=NCC1(C(C)C)CC1. The third-order valence-electron chi connectivity index (χ3n) is 3.52. The Bertz CT molecular complexity index is 217. The number of nitrogens with two attached hydrogens (primary N) is 1. The second kappa shape index (κ2) is 5.38. The summed E-state index contributed by atoms with van der Waals surface area (Å²) in [4.78, 5) is 4.43. The number of hydrogen-bond donors (Lipinski definition) is 2. The summed E-state index contributed by atoms with van der Waals surface area (Å²) < 4.78 is 0. The Hall–Kier alpha value is -0.730. The summed E-state index contributed by atoms with van der Waals surface area (Å²) in [5.74, 6) is 1.35. The average molecular weight is 211 g/mol. The highest BCUT2D eigenvalue weighted by Gasteiger charge is 2.44. The van der Waals surface area contributed by atoms with Gasteiger partial charge in [0.1, 0.15) is 0 Å². The zero-order chi connectivity index (χ0) is 11.3. The summed E-state index contributed by atoms with van der Waals surface area (Å²) in [6.45, 7) is 8.58. The van der Waals surface area contributed by atoms with E-state index >= 15 is 0 Å². The summed E-state index contributed by atoms with van der Waals surface area (Å²) in [7, 11) is 0. The molecule has 1 aliphatic rings. The molecule has 15 heavy (non-hydrogen) atoms. The van der Waals surface area contributed by atoms with Gasteiger partial charge in [-0.25, -0.2) is 0 Å². The molecule has 0 aromatic rings. The van der Waals surface area contributed by atoms with Crippen molar-refractivity contribution in [1.29, 1.82) is 0 Å². The maximum atomic E-state index is 5.79. The first-order chi connectivity index (χ1) is 7.10.